The molecule has 5 heteroatoms. The number of primary amides is 1. The summed E-state index contributed by atoms with van der Waals surface area (Å²) in [4.78, 5) is 10.9. The van der Waals surface area contributed by atoms with Gasteiger partial charge < -0.3 is 10.2 Å². The van der Waals surface area contributed by atoms with Crippen molar-refractivity contribution in [2.24, 2.45) is 5.73 Å². The predicted molar refractivity (Wildman–Crippen MR) is 44.9 cm³/mol. The van der Waals surface area contributed by atoms with Crippen molar-refractivity contribution >= 4 is 6.03 Å². The number of aromatic nitrogens is 2. The topological polar surface area (TPSA) is 74.1 Å². The zero-order chi connectivity index (χ0) is 9.26. The SMILES string of the molecule is NC(=O)n1nccc1-c1ccco1. The number of nitrogens with two attached hydrogens (primary N) is 1. The van der Waals surface area contributed by atoms with Gasteiger partial charge in [-0.05, 0) is 18.2 Å². The molecule has 0 spiro atoms. The number of rotatable bonds is 1. The lowest BCUT2D eigenvalue weighted by Gasteiger charge is -1.98. The van der Waals surface area contributed by atoms with Crippen LogP contribution < -0.4 is 5.73 Å². The lowest BCUT2D eigenvalue weighted by atomic mass is 10.3. The molecule has 2 heterocycles. The molecule has 0 unspecified atom stereocenters. The van der Waals surface area contributed by atoms with Crippen molar-refractivity contribution in [3.63, 3.8) is 0 Å². The number of furan rings is 1. The van der Waals surface area contributed by atoms with Gasteiger partial charge in [-0.25, -0.2) is 4.79 Å². The van der Waals surface area contributed by atoms with Crippen molar-refractivity contribution in [2.75, 3.05) is 0 Å². The quantitative estimate of drug-likeness (QED) is 0.707. The molecule has 13 heavy (non-hydrogen) atoms. The Bertz CT molecular complexity index is 416. The molecule has 0 atom stereocenters. The summed E-state index contributed by atoms with van der Waals surface area (Å²) in [5.41, 5.74) is 5.64. The first-order chi connectivity index (χ1) is 6.29. The Morgan fingerprint density at radius 2 is 2.38 bits per heavy atom. The molecule has 2 N–H and O–H groups in total. The molecule has 0 aliphatic rings. The van der Waals surface area contributed by atoms with Crippen LogP contribution in [0.15, 0.2) is 35.1 Å². The average Bonchev–Trinajstić information content (AvgIpc) is 2.74. The van der Waals surface area contributed by atoms with Crippen LogP contribution in [0, 0.1) is 0 Å². The standard InChI is InChI=1S/C8H7N3O2/c9-8(12)11-6(3-4-10-11)7-2-1-5-13-7/h1-5H,(H2,9,12). The lowest BCUT2D eigenvalue weighted by molar-refractivity contribution is 0.248. The van der Waals surface area contributed by atoms with Gasteiger partial charge in [0.15, 0.2) is 5.76 Å². The fourth-order valence-electron chi connectivity index (χ4n) is 1.09. The van der Waals surface area contributed by atoms with Gasteiger partial charge in [0.05, 0.1) is 12.5 Å². The Hall–Kier alpha value is -2.04. The molecule has 2 aromatic heterocycles. The highest BCUT2D eigenvalue weighted by Gasteiger charge is 2.10. The summed E-state index contributed by atoms with van der Waals surface area (Å²) in [6, 6.07) is 4.49. The van der Waals surface area contributed by atoms with E-state index in [4.69, 9.17) is 10.2 Å². The molecule has 0 aromatic carbocycles. The van der Waals surface area contributed by atoms with Crippen molar-refractivity contribution in [3.05, 3.63) is 30.7 Å². The predicted octanol–water partition coefficient (Wildman–Crippen LogP) is 1.07. The molecule has 0 saturated carbocycles. The molecule has 1 amide bonds. The second kappa shape index (κ2) is 2.78. The van der Waals surface area contributed by atoms with Crippen LogP contribution in [-0.4, -0.2) is 15.8 Å². The summed E-state index contributed by atoms with van der Waals surface area (Å²) in [6.07, 6.45) is 3.01. The van der Waals surface area contributed by atoms with Crippen LogP contribution in [0.2, 0.25) is 0 Å². The van der Waals surface area contributed by atoms with Gasteiger partial charge in [-0.1, -0.05) is 0 Å². The number of amides is 1. The number of carbonyl (C=O) groups excluding carboxylic acids is 1. The van der Waals surface area contributed by atoms with Gasteiger partial charge in [0.1, 0.15) is 5.69 Å². The third-order valence-electron chi connectivity index (χ3n) is 1.63. The van der Waals surface area contributed by atoms with Gasteiger partial charge in [0, 0.05) is 0 Å². The largest absolute Gasteiger partial charge is 0.463 e. The van der Waals surface area contributed by atoms with Crippen LogP contribution >= 0.6 is 0 Å². The first-order valence-corrected chi connectivity index (χ1v) is 3.67. The van der Waals surface area contributed by atoms with Crippen LogP contribution in [-0.2, 0) is 0 Å². The number of nitrogens with zero attached hydrogens (tertiary/aromatic N) is 2. The van der Waals surface area contributed by atoms with E-state index in [1.54, 1.807) is 18.2 Å². The van der Waals surface area contributed by atoms with Crippen LogP contribution in [0.5, 0.6) is 0 Å². The molecule has 0 bridgehead atoms. The molecule has 2 aromatic rings. The maximum atomic E-state index is 10.9. The second-order valence-corrected chi connectivity index (χ2v) is 2.44. The van der Waals surface area contributed by atoms with E-state index in [0.717, 1.165) is 4.68 Å². The van der Waals surface area contributed by atoms with Gasteiger partial charge in [-0.15, -0.1) is 0 Å². The lowest BCUT2D eigenvalue weighted by Crippen LogP contribution is -2.21. The maximum Gasteiger partial charge on any atom is 0.340 e. The molecule has 0 aliphatic carbocycles. The van der Waals surface area contributed by atoms with Crippen LogP contribution in [0.25, 0.3) is 11.5 Å². The molecule has 5 nitrogen and oxygen atoms in total. The normalized spacial score (nSPS) is 10.2. The van der Waals surface area contributed by atoms with E-state index in [2.05, 4.69) is 5.10 Å². The van der Waals surface area contributed by atoms with Gasteiger partial charge in [-0.2, -0.15) is 9.78 Å². The Kier molecular flexibility index (Phi) is 1.63. The van der Waals surface area contributed by atoms with E-state index in [-0.39, 0.29) is 0 Å². The maximum absolute atomic E-state index is 10.9. The Morgan fingerprint density at radius 1 is 1.54 bits per heavy atom. The Morgan fingerprint density at radius 3 is 3.00 bits per heavy atom. The molecule has 66 valence electrons. The number of hydrogen-bond acceptors (Lipinski definition) is 3. The van der Waals surface area contributed by atoms with Crippen molar-refractivity contribution in [1.29, 1.82) is 0 Å². The molecule has 0 fully saturated rings. The molecule has 0 saturated heterocycles. The van der Waals surface area contributed by atoms with E-state index in [0.29, 0.717) is 11.5 Å². The Labute approximate surface area is 73.8 Å². The monoisotopic (exact) mass is 177 g/mol. The Balaban J connectivity index is 2.52. The smallest absolute Gasteiger partial charge is 0.340 e. The molecule has 0 radical (unpaired) electrons. The van der Waals surface area contributed by atoms with Crippen molar-refractivity contribution in [2.45, 2.75) is 0 Å². The van der Waals surface area contributed by atoms with Crippen LogP contribution in [0.1, 0.15) is 0 Å². The summed E-state index contributed by atoms with van der Waals surface area (Å²) in [6.45, 7) is 0. The van der Waals surface area contributed by atoms with E-state index in [1.165, 1.54) is 12.5 Å². The zero-order valence-corrected chi connectivity index (χ0v) is 6.68. The molecular formula is C8H7N3O2. The summed E-state index contributed by atoms with van der Waals surface area (Å²) < 4.78 is 6.18. The first-order valence-electron chi connectivity index (χ1n) is 3.67. The van der Waals surface area contributed by atoms with Gasteiger partial charge in [0.2, 0.25) is 0 Å². The highest BCUT2D eigenvalue weighted by molar-refractivity contribution is 5.78. The minimum absolute atomic E-state index is 0.553. The van der Waals surface area contributed by atoms with Crippen molar-refractivity contribution < 1.29 is 9.21 Å². The minimum atomic E-state index is -0.628. The summed E-state index contributed by atoms with van der Waals surface area (Å²) >= 11 is 0. The van der Waals surface area contributed by atoms with Crippen LogP contribution in [0.3, 0.4) is 0 Å². The van der Waals surface area contributed by atoms with E-state index in [1.807, 2.05) is 0 Å². The van der Waals surface area contributed by atoms with Gasteiger partial charge in [0.25, 0.3) is 0 Å². The molecule has 0 aliphatic heterocycles. The van der Waals surface area contributed by atoms with Crippen molar-refractivity contribution in [1.82, 2.24) is 9.78 Å². The number of carbonyl (C=O) groups is 1. The van der Waals surface area contributed by atoms with Crippen molar-refractivity contribution in [3.8, 4) is 11.5 Å². The summed E-state index contributed by atoms with van der Waals surface area (Å²) in [7, 11) is 0. The molecular weight excluding hydrogens is 170 g/mol. The van der Waals surface area contributed by atoms with E-state index >= 15 is 0 Å². The first kappa shape index (κ1) is 7.60. The molecule has 2 rings (SSSR count). The summed E-state index contributed by atoms with van der Waals surface area (Å²) in [5, 5.41) is 3.75. The number of hydrogen-bond donors (Lipinski definition) is 1. The fraction of sp³-hybridized carbons (Fsp3) is 0. The minimum Gasteiger partial charge on any atom is -0.463 e. The third kappa shape index (κ3) is 1.20. The van der Waals surface area contributed by atoms with Gasteiger partial charge in [-0.3, -0.25) is 0 Å². The highest BCUT2D eigenvalue weighted by Crippen LogP contribution is 2.18. The zero-order valence-electron chi connectivity index (χ0n) is 6.68. The fourth-order valence-corrected chi connectivity index (χ4v) is 1.09. The second-order valence-electron chi connectivity index (χ2n) is 2.44. The van der Waals surface area contributed by atoms with Gasteiger partial charge >= 0.3 is 6.03 Å². The summed E-state index contributed by atoms with van der Waals surface area (Å²) in [5.74, 6) is 0.566. The third-order valence-corrected chi connectivity index (χ3v) is 1.63. The highest BCUT2D eigenvalue weighted by atomic mass is 16.3. The van der Waals surface area contributed by atoms with Crippen LogP contribution in [0.4, 0.5) is 4.79 Å². The van der Waals surface area contributed by atoms with E-state index in [9.17, 15) is 4.79 Å². The average molecular weight is 177 g/mol. The van der Waals surface area contributed by atoms with E-state index < -0.39 is 6.03 Å².